The molecule has 15 heavy (non-hydrogen) atoms. The van der Waals surface area contributed by atoms with Gasteiger partial charge in [-0.2, -0.15) is 11.8 Å². The van der Waals surface area contributed by atoms with Crippen molar-refractivity contribution in [3.05, 3.63) is 0 Å². The second-order valence-corrected chi connectivity index (χ2v) is 5.66. The van der Waals surface area contributed by atoms with Crippen LogP contribution in [-0.2, 0) is 4.79 Å². The third-order valence-electron chi connectivity index (χ3n) is 3.45. The fraction of sp³-hybridized carbons (Fsp3) is 0.909. The maximum Gasteiger partial charge on any atom is 0.226 e. The number of carbonyl (C=O) groups excluding carboxylic acids is 1. The summed E-state index contributed by atoms with van der Waals surface area (Å²) < 4.78 is 0. The Labute approximate surface area is 96.0 Å². The van der Waals surface area contributed by atoms with Gasteiger partial charge in [-0.3, -0.25) is 4.79 Å². The topological polar surface area (TPSA) is 32.3 Å². The highest BCUT2D eigenvalue weighted by atomic mass is 32.2. The standard InChI is InChI=1S/C11H20N2OS/c1-13(10-4-6-15-8-10)11(14)9-3-2-5-12-7-9/h9-10,12H,2-8H2,1H3/t9-,10?/m0/s1. The van der Waals surface area contributed by atoms with E-state index < -0.39 is 0 Å². The lowest BCUT2D eigenvalue weighted by atomic mass is 9.97. The van der Waals surface area contributed by atoms with Crippen LogP contribution in [0.2, 0.25) is 0 Å². The van der Waals surface area contributed by atoms with E-state index in [1.165, 1.54) is 12.2 Å². The Balaban J connectivity index is 1.87. The van der Waals surface area contributed by atoms with Gasteiger partial charge in [0.1, 0.15) is 0 Å². The smallest absolute Gasteiger partial charge is 0.226 e. The van der Waals surface area contributed by atoms with Crippen LogP contribution in [0.15, 0.2) is 0 Å². The summed E-state index contributed by atoms with van der Waals surface area (Å²) in [6, 6.07) is 0.490. The van der Waals surface area contributed by atoms with Crippen LogP contribution >= 0.6 is 11.8 Å². The van der Waals surface area contributed by atoms with E-state index >= 15 is 0 Å². The van der Waals surface area contributed by atoms with E-state index in [1.54, 1.807) is 0 Å². The van der Waals surface area contributed by atoms with Gasteiger partial charge in [0.2, 0.25) is 5.91 Å². The highest BCUT2D eigenvalue weighted by molar-refractivity contribution is 7.99. The van der Waals surface area contributed by atoms with Crippen molar-refractivity contribution in [1.82, 2.24) is 10.2 Å². The molecule has 2 atom stereocenters. The number of hydrogen-bond donors (Lipinski definition) is 1. The van der Waals surface area contributed by atoms with Gasteiger partial charge in [0.15, 0.2) is 0 Å². The van der Waals surface area contributed by atoms with Crippen LogP contribution in [-0.4, -0.2) is 48.5 Å². The van der Waals surface area contributed by atoms with Gasteiger partial charge in [0.25, 0.3) is 0 Å². The summed E-state index contributed by atoms with van der Waals surface area (Å²) in [5, 5.41) is 3.31. The molecule has 4 heteroatoms. The van der Waals surface area contributed by atoms with Gasteiger partial charge in [-0.25, -0.2) is 0 Å². The molecule has 0 aromatic rings. The van der Waals surface area contributed by atoms with Gasteiger partial charge in [-0.1, -0.05) is 0 Å². The Morgan fingerprint density at radius 2 is 2.33 bits per heavy atom. The molecule has 0 radical (unpaired) electrons. The quantitative estimate of drug-likeness (QED) is 0.764. The van der Waals surface area contributed by atoms with E-state index in [4.69, 9.17) is 0 Å². The predicted octanol–water partition coefficient (Wildman–Crippen LogP) is 0.950. The zero-order valence-corrected chi connectivity index (χ0v) is 10.2. The second-order valence-electron chi connectivity index (χ2n) is 4.51. The molecule has 0 aromatic carbocycles. The molecule has 86 valence electrons. The van der Waals surface area contributed by atoms with Gasteiger partial charge >= 0.3 is 0 Å². The highest BCUT2D eigenvalue weighted by Gasteiger charge is 2.29. The van der Waals surface area contributed by atoms with Gasteiger partial charge in [0, 0.05) is 25.4 Å². The molecule has 2 heterocycles. The van der Waals surface area contributed by atoms with Crippen molar-refractivity contribution in [1.29, 1.82) is 0 Å². The summed E-state index contributed by atoms with van der Waals surface area (Å²) >= 11 is 1.97. The zero-order chi connectivity index (χ0) is 10.7. The van der Waals surface area contributed by atoms with Crippen molar-refractivity contribution < 1.29 is 4.79 Å². The monoisotopic (exact) mass is 228 g/mol. The van der Waals surface area contributed by atoms with Gasteiger partial charge in [0.05, 0.1) is 5.92 Å². The van der Waals surface area contributed by atoms with Crippen LogP contribution in [0.3, 0.4) is 0 Å². The van der Waals surface area contributed by atoms with E-state index in [0.29, 0.717) is 11.9 Å². The Morgan fingerprint density at radius 3 is 2.93 bits per heavy atom. The average Bonchev–Trinajstić information content (AvgIpc) is 2.82. The highest BCUT2D eigenvalue weighted by Crippen LogP contribution is 2.23. The van der Waals surface area contributed by atoms with Crippen molar-refractivity contribution in [2.45, 2.75) is 25.3 Å². The van der Waals surface area contributed by atoms with Crippen LogP contribution in [0.25, 0.3) is 0 Å². The Kier molecular flexibility index (Phi) is 3.92. The fourth-order valence-corrected chi connectivity index (χ4v) is 3.63. The summed E-state index contributed by atoms with van der Waals surface area (Å²) in [6.45, 7) is 1.95. The van der Waals surface area contributed by atoms with E-state index in [-0.39, 0.29) is 5.92 Å². The summed E-state index contributed by atoms with van der Waals surface area (Å²) in [6.07, 6.45) is 3.38. The lowest BCUT2D eigenvalue weighted by Crippen LogP contribution is -2.45. The van der Waals surface area contributed by atoms with Gasteiger partial charge in [-0.15, -0.1) is 0 Å². The molecule has 2 aliphatic rings. The minimum atomic E-state index is 0.231. The number of thioether (sulfide) groups is 1. The van der Waals surface area contributed by atoms with Crippen LogP contribution in [0, 0.1) is 5.92 Å². The van der Waals surface area contributed by atoms with Crippen molar-refractivity contribution in [3.63, 3.8) is 0 Å². The molecule has 2 saturated heterocycles. The molecule has 1 amide bonds. The molecular weight excluding hydrogens is 208 g/mol. The summed E-state index contributed by atoms with van der Waals surface area (Å²) in [5.41, 5.74) is 0. The Hall–Kier alpha value is -0.220. The number of piperidine rings is 1. The molecule has 2 fully saturated rings. The number of rotatable bonds is 2. The predicted molar refractivity (Wildman–Crippen MR) is 64.1 cm³/mol. The van der Waals surface area contributed by atoms with E-state index in [9.17, 15) is 4.79 Å². The number of nitrogens with one attached hydrogen (secondary N) is 1. The maximum absolute atomic E-state index is 12.2. The van der Waals surface area contributed by atoms with Gasteiger partial charge < -0.3 is 10.2 Å². The molecule has 1 N–H and O–H groups in total. The molecule has 0 spiro atoms. The maximum atomic E-state index is 12.2. The number of hydrogen-bond acceptors (Lipinski definition) is 3. The third kappa shape index (κ3) is 2.67. The first-order valence-corrected chi connectivity index (χ1v) is 6.99. The SMILES string of the molecule is CN(C(=O)[C@H]1CCCNC1)C1CCSC1. The molecule has 2 aliphatic heterocycles. The minimum Gasteiger partial charge on any atom is -0.342 e. The first-order chi connectivity index (χ1) is 7.29. The Bertz CT molecular complexity index is 223. The van der Waals surface area contributed by atoms with E-state index in [1.807, 2.05) is 23.7 Å². The average molecular weight is 228 g/mol. The fourth-order valence-electron chi connectivity index (χ4n) is 2.36. The van der Waals surface area contributed by atoms with Crippen molar-refractivity contribution in [3.8, 4) is 0 Å². The number of amides is 1. The summed E-state index contributed by atoms with van der Waals surface area (Å²) in [5.74, 6) is 2.93. The van der Waals surface area contributed by atoms with Crippen molar-refractivity contribution >= 4 is 17.7 Å². The summed E-state index contributed by atoms with van der Waals surface area (Å²) in [4.78, 5) is 14.2. The Morgan fingerprint density at radius 1 is 1.47 bits per heavy atom. The number of nitrogens with zero attached hydrogens (tertiary/aromatic N) is 1. The molecule has 0 aromatic heterocycles. The number of carbonyl (C=O) groups is 1. The lowest BCUT2D eigenvalue weighted by Gasteiger charge is -2.30. The van der Waals surface area contributed by atoms with Crippen molar-refractivity contribution in [2.75, 3.05) is 31.6 Å². The minimum absolute atomic E-state index is 0.231. The van der Waals surface area contributed by atoms with Crippen molar-refractivity contribution in [2.24, 2.45) is 5.92 Å². The molecule has 0 saturated carbocycles. The normalized spacial score (nSPS) is 31.5. The molecule has 0 aliphatic carbocycles. The second kappa shape index (κ2) is 5.21. The molecule has 2 rings (SSSR count). The van der Waals surface area contributed by atoms with E-state index in [2.05, 4.69) is 5.32 Å². The van der Waals surface area contributed by atoms with Crippen LogP contribution in [0.1, 0.15) is 19.3 Å². The van der Waals surface area contributed by atoms with Crippen LogP contribution in [0.5, 0.6) is 0 Å². The molecule has 0 bridgehead atoms. The zero-order valence-electron chi connectivity index (χ0n) is 9.37. The first-order valence-electron chi connectivity index (χ1n) is 5.84. The largest absolute Gasteiger partial charge is 0.342 e. The molecule has 1 unspecified atom stereocenters. The van der Waals surface area contributed by atoms with Gasteiger partial charge in [-0.05, 0) is 31.6 Å². The van der Waals surface area contributed by atoms with Crippen LogP contribution < -0.4 is 5.32 Å². The van der Waals surface area contributed by atoms with E-state index in [0.717, 1.165) is 31.7 Å². The first kappa shape index (κ1) is 11.3. The van der Waals surface area contributed by atoms with Crippen LogP contribution in [0.4, 0.5) is 0 Å². The summed E-state index contributed by atoms with van der Waals surface area (Å²) in [7, 11) is 1.98. The molecule has 3 nitrogen and oxygen atoms in total. The lowest BCUT2D eigenvalue weighted by molar-refractivity contribution is -0.136. The third-order valence-corrected chi connectivity index (χ3v) is 4.59. The molecular formula is C11H20N2OS.